The second kappa shape index (κ2) is 8.96. The Morgan fingerprint density at radius 1 is 1.37 bits per heavy atom. The molecule has 0 saturated carbocycles. The average molecular weight is 270 g/mol. The van der Waals surface area contributed by atoms with Crippen molar-refractivity contribution in [1.82, 2.24) is 9.88 Å². The number of hydrogen-bond donors (Lipinski definition) is 1. The van der Waals surface area contributed by atoms with Gasteiger partial charge in [-0.15, -0.1) is 0 Å². The standard InChI is InChI=1S/C14H23FN2O2/c1-3-17(9-10-19-4-2)8-7-14(18)13-6-5-12(15)11-16-13/h5-6,11,14,18H,3-4,7-10H2,1-2H3. The molecule has 0 spiro atoms. The minimum atomic E-state index is -0.651. The Morgan fingerprint density at radius 3 is 2.74 bits per heavy atom. The van der Waals surface area contributed by atoms with Gasteiger partial charge in [-0.1, -0.05) is 6.92 Å². The monoisotopic (exact) mass is 270 g/mol. The fraction of sp³-hybridized carbons (Fsp3) is 0.643. The molecule has 1 unspecified atom stereocenters. The summed E-state index contributed by atoms with van der Waals surface area (Å²) in [6.45, 7) is 8.01. The molecule has 1 N–H and O–H groups in total. The van der Waals surface area contributed by atoms with Crippen LogP contribution < -0.4 is 0 Å². The van der Waals surface area contributed by atoms with Crippen LogP contribution in [0.4, 0.5) is 4.39 Å². The Hall–Kier alpha value is -1.04. The second-order valence-corrected chi connectivity index (χ2v) is 4.34. The average Bonchev–Trinajstić information content (AvgIpc) is 2.43. The SMILES string of the molecule is CCOCCN(CC)CCC(O)c1ccc(F)cn1. The molecule has 0 fully saturated rings. The van der Waals surface area contributed by atoms with E-state index in [-0.39, 0.29) is 5.82 Å². The van der Waals surface area contributed by atoms with Gasteiger partial charge in [0.25, 0.3) is 0 Å². The summed E-state index contributed by atoms with van der Waals surface area (Å²) < 4.78 is 18.0. The molecule has 4 nitrogen and oxygen atoms in total. The van der Waals surface area contributed by atoms with Crippen molar-refractivity contribution in [2.24, 2.45) is 0 Å². The molecule has 0 aliphatic carbocycles. The van der Waals surface area contributed by atoms with E-state index in [1.165, 1.54) is 12.1 Å². The van der Waals surface area contributed by atoms with Crippen LogP contribution in [0.1, 0.15) is 32.1 Å². The smallest absolute Gasteiger partial charge is 0.141 e. The predicted octanol–water partition coefficient (Wildman–Crippen LogP) is 2.00. The second-order valence-electron chi connectivity index (χ2n) is 4.34. The lowest BCUT2D eigenvalue weighted by Gasteiger charge is -2.21. The summed E-state index contributed by atoms with van der Waals surface area (Å²) in [5, 5.41) is 9.98. The van der Waals surface area contributed by atoms with Crippen molar-refractivity contribution >= 4 is 0 Å². The third-order valence-electron chi connectivity index (χ3n) is 3.01. The van der Waals surface area contributed by atoms with Crippen LogP contribution in [0.2, 0.25) is 0 Å². The van der Waals surface area contributed by atoms with Crippen LogP contribution in [0.3, 0.4) is 0 Å². The summed E-state index contributed by atoms with van der Waals surface area (Å²) >= 11 is 0. The van der Waals surface area contributed by atoms with E-state index in [9.17, 15) is 9.50 Å². The van der Waals surface area contributed by atoms with Crippen molar-refractivity contribution in [3.05, 3.63) is 29.8 Å². The molecule has 0 aliphatic rings. The Kier molecular flexibility index (Phi) is 7.55. The summed E-state index contributed by atoms with van der Waals surface area (Å²) in [6, 6.07) is 2.84. The highest BCUT2D eigenvalue weighted by Gasteiger charge is 2.11. The van der Waals surface area contributed by atoms with Gasteiger partial charge in [-0.3, -0.25) is 4.98 Å². The normalized spacial score (nSPS) is 12.9. The number of nitrogens with zero attached hydrogens (tertiary/aromatic N) is 2. The molecule has 0 aromatic carbocycles. The fourth-order valence-electron chi connectivity index (χ4n) is 1.80. The van der Waals surface area contributed by atoms with Crippen LogP contribution in [-0.2, 0) is 4.74 Å². The molecular formula is C14H23FN2O2. The summed E-state index contributed by atoms with van der Waals surface area (Å²) in [4.78, 5) is 6.10. The molecule has 1 rings (SSSR count). The molecule has 0 radical (unpaired) electrons. The lowest BCUT2D eigenvalue weighted by Crippen LogP contribution is -2.29. The first-order chi connectivity index (χ1) is 9.17. The molecule has 1 heterocycles. The van der Waals surface area contributed by atoms with Crippen LogP contribution in [0.15, 0.2) is 18.3 Å². The van der Waals surface area contributed by atoms with E-state index in [1.54, 1.807) is 0 Å². The lowest BCUT2D eigenvalue weighted by molar-refractivity contribution is 0.0996. The topological polar surface area (TPSA) is 45.6 Å². The van der Waals surface area contributed by atoms with Gasteiger partial charge in [-0.25, -0.2) is 4.39 Å². The van der Waals surface area contributed by atoms with Crippen molar-refractivity contribution in [1.29, 1.82) is 0 Å². The molecule has 1 aromatic heterocycles. The number of ether oxygens (including phenoxy) is 1. The number of pyridine rings is 1. The van der Waals surface area contributed by atoms with E-state index in [2.05, 4.69) is 16.8 Å². The number of likely N-dealkylation sites (N-methyl/N-ethyl adjacent to an activating group) is 1. The van der Waals surface area contributed by atoms with Crippen LogP contribution in [0.5, 0.6) is 0 Å². The van der Waals surface area contributed by atoms with Gasteiger partial charge in [0.1, 0.15) is 5.82 Å². The summed E-state index contributed by atoms with van der Waals surface area (Å²) in [5.41, 5.74) is 0.516. The third kappa shape index (κ3) is 6.09. The van der Waals surface area contributed by atoms with Crippen LogP contribution in [0.25, 0.3) is 0 Å². The first kappa shape index (κ1) is 16.0. The van der Waals surface area contributed by atoms with Crippen molar-refractivity contribution in [2.45, 2.75) is 26.4 Å². The first-order valence-electron chi connectivity index (χ1n) is 6.77. The van der Waals surface area contributed by atoms with Gasteiger partial charge < -0.3 is 14.7 Å². The highest BCUT2D eigenvalue weighted by Crippen LogP contribution is 2.14. The maximum Gasteiger partial charge on any atom is 0.141 e. The summed E-state index contributed by atoms with van der Waals surface area (Å²) in [7, 11) is 0. The van der Waals surface area contributed by atoms with E-state index in [1.807, 2.05) is 6.92 Å². The number of aromatic nitrogens is 1. The maximum atomic E-state index is 12.7. The number of halogens is 1. The van der Waals surface area contributed by atoms with Gasteiger partial charge in [0.2, 0.25) is 0 Å². The quantitative estimate of drug-likeness (QED) is 0.697. The van der Waals surface area contributed by atoms with Crippen molar-refractivity contribution in [3.63, 3.8) is 0 Å². The van der Waals surface area contributed by atoms with Crippen LogP contribution >= 0.6 is 0 Å². The Balaban J connectivity index is 2.34. The fourth-order valence-corrected chi connectivity index (χ4v) is 1.80. The highest BCUT2D eigenvalue weighted by molar-refractivity contribution is 5.07. The predicted molar refractivity (Wildman–Crippen MR) is 72.4 cm³/mol. The molecule has 0 amide bonds. The zero-order valence-electron chi connectivity index (χ0n) is 11.7. The van der Waals surface area contributed by atoms with Crippen molar-refractivity contribution in [2.75, 3.05) is 32.8 Å². The number of aliphatic hydroxyl groups excluding tert-OH is 1. The lowest BCUT2D eigenvalue weighted by atomic mass is 10.1. The van der Waals surface area contributed by atoms with Crippen molar-refractivity contribution < 1.29 is 14.2 Å². The molecule has 108 valence electrons. The number of aliphatic hydroxyl groups is 1. The largest absolute Gasteiger partial charge is 0.387 e. The van der Waals surface area contributed by atoms with Crippen molar-refractivity contribution in [3.8, 4) is 0 Å². The molecule has 0 saturated heterocycles. The van der Waals surface area contributed by atoms with E-state index in [4.69, 9.17) is 4.74 Å². The Morgan fingerprint density at radius 2 is 2.16 bits per heavy atom. The zero-order chi connectivity index (χ0) is 14.1. The Labute approximate surface area is 114 Å². The van der Waals surface area contributed by atoms with E-state index in [0.717, 1.165) is 32.4 Å². The van der Waals surface area contributed by atoms with Gasteiger partial charge in [0.05, 0.1) is 24.6 Å². The van der Waals surface area contributed by atoms with Gasteiger partial charge in [0, 0.05) is 19.7 Å². The molecule has 19 heavy (non-hydrogen) atoms. The number of rotatable bonds is 9. The van der Waals surface area contributed by atoms with Crippen LogP contribution in [0, 0.1) is 5.82 Å². The molecule has 1 aromatic rings. The Bertz CT molecular complexity index is 346. The van der Waals surface area contributed by atoms with Gasteiger partial charge >= 0.3 is 0 Å². The summed E-state index contributed by atoms with van der Waals surface area (Å²) in [6.07, 6.45) is 1.06. The molecule has 0 aliphatic heterocycles. The van der Waals surface area contributed by atoms with Gasteiger partial charge in [0.15, 0.2) is 0 Å². The van der Waals surface area contributed by atoms with E-state index >= 15 is 0 Å². The molecule has 1 atom stereocenters. The third-order valence-corrected chi connectivity index (χ3v) is 3.01. The summed E-state index contributed by atoms with van der Waals surface area (Å²) in [5.74, 6) is -0.386. The van der Waals surface area contributed by atoms with Gasteiger partial charge in [-0.05, 0) is 32.0 Å². The molecular weight excluding hydrogens is 247 g/mol. The number of hydrogen-bond acceptors (Lipinski definition) is 4. The van der Waals surface area contributed by atoms with Gasteiger partial charge in [-0.2, -0.15) is 0 Å². The van der Waals surface area contributed by atoms with E-state index < -0.39 is 6.10 Å². The minimum Gasteiger partial charge on any atom is -0.387 e. The highest BCUT2D eigenvalue weighted by atomic mass is 19.1. The first-order valence-corrected chi connectivity index (χ1v) is 6.77. The molecule has 5 heteroatoms. The minimum absolute atomic E-state index is 0.386. The van der Waals surface area contributed by atoms with E-state index in [0.29, 0.717) is 18.7 Å². The maximum absolute atomic E-state index is 12.7. The van der Waals surface area contributed by atoms with Crippen LogP contribution in [-0.4, -0.2) is 47.8 Å². The molecule has 0 bridgehead atoms. The zero-order valence-corrected chi connectivity index (χ0v) is 11.7.